The van der Waals surface area contributed by atoms with Crippen LogP contribution in [0, 0.1) is 6.92 Å². The number of esters is 1. The van der Waals surface area contributed by atoms with Gasteiger partial charge >= 0.3 is 5.97 Å². The van der Waals surface area contributed by atoms with Crippen LogP contribution in [0.5, 0.6) is 0 Å². The standard InChI is InChI=1S/C12H21N3O2S2/c1-4-17-10(16)12(3,13)7-5-6-8-18-11-14-9(2)15-19-11/h4-8,13H2,1-3H3. The number of hydrogen-bond acceptors (Lipinski definition) is 7. The minimum Gasteiger partial charge on any atom is -0.465 e. The number of nitrogens with zero attached hydrogens (tertiary/aromatic N) is 2. The van der Waals surface area contributed by atoms with Crippen molar-refractivity contribution >= 4 is 29.3 Å². The van der Waals surface area contributed by atoms with Crippen LogP contribution in [0.4, 0.5) is 0 Å². The molecule has 0 aromatic carbocycles. The lowest BCUT2D eigenvalue weighted by Crippen LogP contribution is -2.46. The summed E-state index contributed by atoms with van der Waals surface area (Å²) in [6.07, 6.45) is 2.54. The Labute approximate surface area is 122 Å². The zero-order valence-corrected chi connectivity index (χ0v) is 13.3. The third kappa shape index (κ3) is 5.88. The molecule has 5 nitrogen and oxygen atoms in total. The minimum absolute atomic E-state index is 0.317. The molecule has 19 heavy (non-hydrogen) atoms. The zero-order chi connectivity index (χ0) is 14.3. The van der Waals surface area contributed by atoms with Gasteiger partial charge in [-0.05, 0) is 45.1 Å². The summed E-state index contributed by atoms with van der Waals surface area (Å²) >= 11 is 3.13. The molecule has 0 amide bonds. The lowest BCUT2D eigenvalue weighted by Gasteiger charge is -2.21. The van der Waals surface area contributed by atoms with E-state index in [0.717, 1.165) is 28.8 Å². The fourth-order valence-corrected chi connectivity index (χ4v) is 3.20. The van der Waals surface area contributed by atoms with Gasteiger partial charge in [0.15, 0.2) is 4.34 Å². The highest BCUT2D eigenvalue weighted by atomic mass is 32.2. The predicted molar refractivity (Wildman–Crippen MR) is 78.4 cm³/mol. The van der Waals surface area contributed by atoms with E-state index in [1.54, 1.807) is 25.6 Å². The summed E-state index contributed by atoms with van der Waals surface area (Å²) < 4.78 is 10.1. The quantitative estimate of drug-likeness (QED) is 0.451. The van der Waals surface area contributed by atoms with E-state index in [-0.39, 0.29) is 5.97 Å². The number of aryl methyl sites for hydroxylation is 1. The van der Waals surface area contributed by atoms with Crippen LogP contribution in [-0.4, -0.2) is 33.2 Å². The first-order chi connectivity index (χ1) is 8.95. The van der Waals surface area contributed by atoms with Crippen molar-refractivity contribution in [3.63, 3.8) is 0 Å². The van der Waals surface area contributed by atoms with Gasteiger partial charge in [-0.25, -0.2) is 4.98 Å². The average molecular weight is 303 g/mol. The third-order valence-corrected chi connectivity index (χ3v) is 4.58. The molecule has 0 radical (unpaired) electrons. The highest BCUT2D eigenvalue weighted by molar-refractivity contribution is 8.00. The van der Waals surface area contributed by atoms with Crippen LogP contribution in [0.1, 0.15) is 38.9 Å². The average Bonchev–Trinajstić information content (AvgIpc) is 2.75. The van der Waals surface area contributed by atoms with Crippen LogP contribution in [0.3, 0.4) is 0 Å². The minimum atomic E-state index is -0.875. The van der Waals surface area contributed by atoms with Gasteiger partial charge in [0, 0.05) is 5.75 Å². The van der Waals surface area contributed by atoms with E-state index in [1.165, 1.54) is 11.5 Å². The Morgan fingerprint density at radius 1 is 1.53 bits per heavy atom. The van der Waals surface area contributed by atoms with Gasteiger partial charge < -0.3 is 10.5 Å². The fraction of sp³-hybridized carbons (Fsp3) is 0.750. The second-order valence-corrected chi connectivity index (χ2v) is 6.64. The first kappa shape index (κ1) is 16.4. The molecule has 0 bridgehead atoms. The van der Waals surface area contributed by atoms with Crippen LogP contribution < -0.4 is 5.73 Å². The molecule has 2 N–H and O–H groups in total. The molecular formula is C12H21N3O2S2. The highest BCUT2D eigenvalue weighted by Gasteiger charge is 2.28. The smallest absolute Gasteiger partial charge is 0.325 e. The Morgan fingerprint density at radius 3 is 2.84 bits per heavy atom. The molecule has 1 unspecified atom stereocenters. The molecule has 108 valence electrons. The lowest BCUT2D eigenvalue weighted by atomic mass is 9.96. The van der Waals surface area contributed by atoms with E-state index >= 15 is 0 Å². The van der Waals surface area contributed by atoms with E-state index in [9.17, 15) is 4.79 Å². The van der Waals surface area contributed by atoms with Crippen molar-refractivity contribution in [2.24, 2.45) is 5.73 Å². The Hall–Kier alpha value is -0.660. The van der Waals surface area contributed by atoms with E-state index in [1.807, 2.05) is 6.92 Å². The van der Waals surface area contributed by atoms with Gasteiger partial charge in [0.2, 0.25) is 0 Å². The van der Waals surface area contributed by atoms with E-state index in [2.05, 4.69) is 9.36 Å². The molecule has 7 heteroatoms. The molecule has 1 rings (SSSR count). The van der Waals surface area contributed by atoms with E-state index in [4.69, 9.17) is 10.5 Å². The third-order valence-electron chi connectivity index (χ3n) is 2.57. The number of unbranched alkanes of at least 4 members (excludes halogenated alkanes) is 1. The van der Waals surface area contributed by atoms with Crippen LogP contribution >= 0.6 is 23.3 Å². The van der Waals surface area contributed by atoms with Crippen molar-refractivity contribution < 1.29 is 9.53 Å². The zero-order valence-electron chi connectivity index (χ0n) is 11.6. The van der Waals surface area contributed by atoms with Gasteiger partial charge in [0.05, 0.1) is 6.61 Å². The van der Waals surface area contributed by atoms with Gasteiger partial charge in [-0.2, -0.15) is 4.37 Å². The number of carbonyl (C=O) groups excluding carboxylic acids is 1. The van der Waals surface area contributed by atoms with Crippen molar-refractivity contribution in [2.75, 3.05) is 12.4 Å². The molecular weight excluding hydrogens is 282 g/mol. The Morgan fingerprint density at radius 2 is 2.26 bits per heavy atom. The van der Waals surface area contributed by atoms with Crippen molar-refractivity contribution in [3.8, 4) is 0 Å². The van der Waals surface area contributed by atoms with Gasteiger partial charge in [-0.3, -0.25) is 4.79 Å². The summed E-state index contributed by atoms with van der Waals surface area (Å²) in [5.74, 6) is 1.47. The van der Waals surface area contributed by atoms with Crippen molar-refractivity contribution in [1.29, 1.82) is 0 Å². The number of aromatic nitrogens is 2. The fourth-order valence-electron chi connectivity index (χ4n) is 1.49. The van der Waals surface area contributed by atoms with Gasteiger partial charge in [0.25, 0.3) is 0 Å². The predicted octanol–water partition coefficient (Wildman–Crippen LogP) is 2.39. The van der Waals surface area contributed by atoms with Gasteiger partial charge in [0.1, 0.15) is 11.4 Å². The van der Waals surface area contributed by atoms with E-state index < -0.39 is 5.54 Å². The normalized spacial score (nSPS) is 14.1. The Kier molecular flexibility index (Phi) is 6.74. The van der Waals surface area contributed by atoms with Crippen LogP contribution in [0.15, 0.2) is 4.34 Å². The number of ether oxygens (including phenoxy) is 1. The van der Waals surface area contributed by atoms with Crippen LogP contribution in [0.25, 0.3) is 0 Å². The summed E-state index contributed by atoms with van der Waals surface area (Å²) in [5, 5.41) is 0. The number of thioether (sulfide) groups is 1. The highest BCUT2D eigenvalue weighted by Crippen LogP contribution is 2.22. The number of hydrogen-bond donors (Lipinski definition) is 1. The number of nitrogens with two attached hydrogens (primary N) is 1. The maximum Gasteiger partial charge on any atom is 0.325 e. The summed E-state index contributed by atoms with van der Waals surface area (Å²) in [4.78, 5) is 15.9. The van der Waals surface area contributed by atoms with Gasteiger partial charge in [-0.1, -0.05) is 18.2 Å². The molecule has 0 fully saturated rings. The molecule has 1 atom stereocenters. The Balaban J connectivity index is 2.18. The first-order valence-electron chi connectivity index (χ1n) is 6.35. The Bertz CT molecular complexity index is 407. The molecule has 0 aliphatic carbocycles. The summed E-state index contributed by atoms with van der Waals surface area (Å²) in [6.45, 7) is 5.78. The summed E-state index contributed by atoms with van der Waals surface area (Å²) in [5.41, 5.74) is 5.07. The molecule has 0 spiro atoms. The monoisotopic (exact) mass is 303 g/mol. The molecule has 0 aliphatic heterocycles. The molecule has 1 heterocycles. The lowest BCUT2D eigenvalue weighted by molar-refractivity contribution is -0.149. The second-order valence-electron chi connectivity index (χ2n) is 4.55. The van der Waals surface area contributed by atoms with Crippen molar-refractivity contribution in [3.05, 3.63) is 5.82 Å². The topological polar surface area (TPSA) is 78.1 Å². The molecule has 0 saturated carbocycles. The largest absolute Gasteiger partial charge is 0.465 e. The van der Waals surface area contributed by atoms with Gasteiger partial charge in [-0.15, -0.1) is 0 Å². The molecule has 0 saturated heterocycles. The summed E-state index contributed by atoms with van der Waals surface area (Å²) in [7, 11) is 0. The maximum atomic E-state index is 11.6. The number of rotatable bonds is 8. The van der Waals surface area contributed by atoms with Crippen molar-refractivity contribution in [1.82, 2.24) is 9.36 Å². The SMILES string of the molecule is CCOC(=O)C(C)(N)CCCCSc1nc(C)ns1. The molecule has 1 aromatic heterocycles. The first-order valence-corrected chi connectivity index (χ1v) is 8.11. The number of carbonyl (C=O) groups is 1. The summed E-state index contributed by atoms with van der Waals surface area (Å²) in [6, 6.07) is 0. The molecule has 1 aromatic rings. The maximum absolute atomic E-state index is 11.6. The van der Waals surface area contributed by atoms with Crippen LogP contribution in [0.2, 0.25) is 0 Å². The van der Waals surface area contributed by atoms with Crippen molar-refractivity contribution in [2.45, 2.75) is 49.9 Å². The van der Waals surface area contributed by atoms with E-state index in [0.29, 0.717) is 13.0 Å². The van der Waals surface area contributed by atoms with Crippen LogP contribution in [-0.2, 0) is 9.53 Å². The second kappa shape index (κ2) is 7.81. The molecule has 0 aliphatic rings.